The van der Waals surface area contributed by atoms with Crippen LogP contribution in [0.2, 0.25) is 0 Å². The third-order valence-corrected chi connectivity index (χ3v) is 6.41. The molecule has 1 fully saturated rings. The van der Waals surface area contributed by atoms with Crippen LogP contribution >= 0.6 is 0 Å². The molecule has 20 heavy (non-hydrogen) atoms. The minimum atomic E-state index is -3.21. The normalized spacial score (nSPS) is 20.1. The van der Waals surface area contributed by atoms with Gasteiger partial charge in [-0.15, -0.1) is 0 Å². The maximum atomic E-state index is 12.7. The van der Waals surface area contributed by atoms with Crippen LogP contribution in [-0.2, 0) is 16.4 Å². The Morgan fingerprint density at radius 3 is 2.70 bits per heavy atom. The molecule has 0 bridgehead atoms. The van der Waals surface area contributed by atoms with Crippen LogP contribution in [0.15, 0.2) is 18.2 Å². The summed E-state index contributed by atoms with van der Waals surface area (Å²) in [6, 6.07) is 5.58. The van der Waals surface area contributed by atoms with Gasteiger partial charge in [0.2, 0.25) is 10.0 Å². The first kappa shape index (κ1) is 13.7. The van der Waals surface area contributed by atoms with Crippen molar-refractivity contribution < 1.29 is 8.42 Å². The van der Waals surface area contributed by atoms with Crippen molar-refractivity contribution in [2.75, 3.05) is 22.3 Å². The number of sulfonamides is 1. The zero-order valence-electron chi connectivity index (χ0n) is 11.7. The zero-order chi connectivity index (χ0) is 14.2. The largest absolute Gasteiger partial charge is 0.399 e. The molecule has 1 heterocycles. The van der Waals surface area contributed by atoms with Crippen molar-refractivity contribution in [1.29, 1.82) is 0 Å². The highest BCUT2D eigenvalue weighted by atomic mass is 32.2. The van der Waals surface area contributed by atoms with Gasteiger partial charge in [-0.1, -0.05) is 25.3 Å². The van der Waals surface area contributed by atoms with E-state index in [1.165, 1.54) is 19.3 Å². The van der Waals surface area contributed by atoms with Crippen LogP contribution < -0.4 is 10.0 Å². The molecular weight excluding hydrogens is 272 g/mol. The second-order valence-electron chi connectivity index (χ2n) is 5.99. The first-order chi connectivity index (χ1) is 9.56. The van der Waals surface area contributed by atoms with Gasteiger partial charge in [0, 0.05) is 12.2 Å². The van der Waals surface area contributed by atoms with Gasteiger partial charge in [0.25, 0.3) is 0 Å². The Morgan fingerprint density at radius 1 is 1.20 bits per heavy atom. The molecule has 0 radical (unpaired) electrons. The van der Waals surface area contributed by atoms with Gasteiger partial charge in [-0.05, 0) is 42.9 Å². The standard InChI is InChI=1S/C15H22N2O2S/c16-14-7-6-13-8-9-17(15(13)10-14)20(18,19)11-12-4-2-1-3-5-12/h6-7,10,12H,1-5,8-9,11,16H2. The lowest BCUT2D eigenvalue weighted by atomic mass is 9.91. The van der Waals surface area contributed by atoms with E-state index in [9.17, 15) is 8.42 Å². The summed E-state index contributed by atoms with van der Waals surface area (Å²) >= 11 is 0. The van der Waals surface area contributed by atoms with E-state index in [2.05, 4.69) is 0 Å². The van der Waals surface area contributed by atoms with Crippen molar-refractivity contribution in [3.63, 3.8) is 0 Å². The number of nitrogen functional groups attached to an aromatic ring is 1. The molecule has 1 saturated carbocycles. The van der Waals surface area contributed by atoms with Crippen molar-refractivity contribution in [2.45, 2.75) is 38.5 Å². The molecule has 0 amide bonds. The Labute approximate surface area is 121 Å². The van der Waals surface area contributed by atoms with Gasteiger partial charge in [-0.2, -0.15) is 0 Å². The highest BCUT2D eigenvalue weighted by Gasteiger charge is 2.31. The second kappa shape index (κ2) is 5.28. The Balaban J connectivity index is 1.81. The van der Waals surface area contributed by atoms with Crippen LogP contribution in [0.25, 0.3) is 0 Å². The summed E-state index contributed by atoms with van der Waals surface area (Å²) in [4.78, 5) is 0. The Morgan fingerprint density at radius 2 is 1.95 bits per heavy atom. The molecular formula is C15H22N2O2S. The minimum Gasteiger partial charge on any atom is -0.399 e. The molecule has 1 aliphatic heterocycles. The Hall–Kier alpha value is -1.23. The van der Waals surface area contributed by atoms with Gasteiger partial charge in [0.1, 0.15) is 0 Å². The number of fused-ring (bicyclic) bond motifs is 1. The lowest BCUT2D eigenvalue weighted by molar-refractivity contribution is 0.385. The first-order valence-corrected chi connectivity index (χ1v) is 9.06. The van der Waals surface area contributed by atoms with Crippen LogP contribution in [-0.4, -0.2) is 20.7 Å². The van der Waals surface area contributed by atoms with E-state index < -0.39 is 10.0 Å². The van der Waals surface area contributed by atoms with Gasteiger partial charge in [0.15, 0.2) is 0 Å². The van der Waals surface area contributed by atoms with E-state index in [4.69, 9.17) is 5.73 Å². The number of nitrogens with zero attached hydrogens (tertiary/aromatic N) is 1. The van der Waals surface area contributed by atoms with E-state index >= 15 is 0 Å². The predicted molar refractivity (Wildman–Crippen MR) is 82.3 cm³/mol. The zero-order valence-corrected chi connectivity index (χ0v) is 12.5. The SMILES string of the molecule is Nc1ccc2c(c1)N(S(=O)(=O)CC1CCCCC1)CC2. The Bertz CT molecular complexity index is 592. The summed E-state index contributed by atoms with van der Waals surface area (Å²) in [5, 5.41) is 0. The quantitative estimate of drug-likeness (QED) is 0.871. The number of nitrogens with two attached hydrogens (primary N) is 1. The molecule has 2 N–H and O–H groups in total. The topological polar surface area (TPSA) is 63.4 Å². The fourth-order valence-electron chi connectivity index (χ4n) is 3.40. The van der Waals surface area contributed by atoms with Gasteiger partial charge < -0.3 is 5.73 Å². The van der Waals surface area contributed by atoms with Crippen molar-refractivity contribution >= 4 is 21.4 Å². The van der Waals surface area contributed by atoms with E-state index in [0.717, 1.165) is 30.5 Å². The maximum absolute atomic E-state index is 12.7. The van der Waals surface area contributed by atoms with Crippen LogP contribution in [0, 0.1) is 5.92 Å². The summed E-state index contributed by atoms with van der Waals surface area (Å²) in [5.74, 6) is 0.625. The number of rotatable bonds is 3. The van der Waals surface area contributed by atoms with Crippen molar-refractivity contribution in [1.82, 2.24) is 0 Å². The van der Waals surface area contributed by atoms with Crippen LogP contribution in [0.1, 0.15) is 37.7 Å². The molecule has 1 aromatic carbocycles. The number of anilines is 2. The fraction of sp³-hybridized carbons (Fsp3) is 0.600. The summed E-state index contributed by atoms with van der Waals surface area (Å²) in [6.45, 7) is 0.563. The maximum Gasteiger partial charge on any atom is 0.235 e. The molecule has 5 heteroatoms. The van der Waals surface area contributed by atoms with E-state index in [1.807, 2.05) is 12.1 Å². The van der Waals surface area contributed by atoms with Crippen molar-refractivity contribution in [2.24, 2.45) is 5.92 Å². The molecule has 1 aromatic rings. The molecule has 4 nitrogen and oxygen atoms in total. The molecule has 3 rings (SSSR count). The third kappa shape index (κ3) is 2.64. The lowest BCUT2D eigenvalue weighted by Crippen LogP contribution is -2.34. The van der Waals surface area contributed by atoms with Crippen LogP contribution in [0.4, 0.5) is 11.4 Å². The molecule has 0 aromatic heterocycles. The molecule has 0 unspecified atom stereocenters. The van der Waals surface area contributed by atoms with Gasteiger partial charge in [-0.3, -0.25) is 4.31 Å². The lowest BCUT2D eigenvalue weighted by Gasteiger charge is -2.26. The minimum absolute atomic E-state index is 0.293. The second-order valence-corrected chi connectivity index (χ2v) is 7.93. The van der Waals surface area contributed by atoms with Gasteiger partial charge >= 0.3 is 0 Å². The average Bonchev–Trinajstić information content (AvgIpc) is 2.83. The van der Waals surface area contributed by atoms with Gasteiger partial charge in [0.05, 0.1) is 11.4 Å². The molecule has 0 spiro atoms. The van der Waals surface area contributed by atoms with Gasteiger partial charge in [-0.25, -0.2) is 8.42 Å². The molecule has 1 aliphatic carbocycles. The Kier molecular flexibility index (Phi) is 3.63. The number of hydrogen-bond donors (Lipinski definition) is 1. The van der Waals surface area contributed by atoms with Crippen molar-refractivity contribution in [3.8, 4) is 0 Å². The predicted octanol–water partition coefficient (Wildman–Crippen LogP) is 2.54. The third-order valence-electron chi connectivity index (χ3n) is 4.47. The molecule has 2 aliphatic rings. The van der Waals surface area contributed by atoms with E-state index in [-0.39, 0.29) is 0 Å². The van der Waals surface area contributed by atoms with Crippen LogP contribution in [0.3, 0.4) is 0 Å². The average molecular weight is 294 g/mol. The highest BCUT2D eigenvalue weighted by molar-refractivity contribution is 7.92. The highest BCUT2D eigenvalue weighted by Crippen LogP contribution is 2.34. The van der Waals surface area contributed by atoms with Crippen LogP contribution in [0.5, 0.6) is 0 Å². The monoisotopic (exact) mass is 294 g/mol. The summed E-state index contributed by atoms with van der Waals surface area (Å²) in [7, 11) is -3.21. The summed E-state index contributed by atoms with van der Waals surface area (Å²) in [6.07, 6.45) is 6.49. The van der Waals surface area contributed by atoms with Crippen molar-refractivity contribution in [3.05, 3.63) is 23.8 Å². The smallest absolute Gasteiger partial charge is 0.235 e. The summed E-state index contributed by atoms with van der Waals surface area (Å²) < 4.78 is 26.9. The summed E-state index contributed by atoms with van der Waals surface area (Å²) in [5.41, 5.74) is 8.31. The number of hydrogen-bond acceptors (Lipinski definition) is 3. The molecule has 0 saturated heterocycles. The fourth-order valence-corrected chi connectivity index (χ4v) is 5.35. The van der Waals surface area contributed by atoms with E-state index in [1.54, 1.807) is 10.4 Å². The molecule has 110 valence electrons. The van der Waals surface area contributed by atoms with E-state index in [0.29, 0.717) is 23.9 Å². The molecule has 0 atom stereocenters. The first-order valence-electron chi connectivity index (χ1n) is 7.45. The number of benzene rings is 1.